The van der Waals surface area contributed by atoms with Gasteiger partial charge in [-0.05, 0) is 30.5 Å². The molecule has 114 valence electrons. The summed E-state index contributed by atoms with van der Waals surface area (Å²) in [4.78, 5) is 2.44. The van der Waals surface area contributed by atoms with E-state index in [0.29, 0.717) is 19.3 Å². The predicted molar refractivity (Wildman–Crippen MR) is 83.7 cm³/mol. The summed E-state index contributed by atoms with van der Waals surface area (Å²) in [5, 5.41) is 8.77. The van der Waals surface area contributed by atoms with Gasteiger partial charge in [0.05, 0.1) is 25.9 Å². The van der Waals surface area contributed by atoms with Crippen LogP contribution in [0.25, 0.3) is 0 Å². The third-order valence-corrected chi connectivity index (χ3v) is 3.67. The van der Waals surface area contributed by atoms with E-state index in [1.54, 1.807) is 0 Å². The Morgan fingerprint density at radius 2 is 1.95 bits per heavy atom. The van der Waals surface area contributed by atoms with E-state index in [1.165, 1.54) is 5.56 Å². The average molecular weight is 288 g/mol. The number of aliphatic hydroxyl groups excluding tert-OH is 1. The lowest BCUT2D eigenvalue weighted by Crippen LogP contribution is -2.36. The molecule has 4 nitrogen and oxygen atoms in total. The molecule has 0 aliphatic carbocycles. The number of rotatable bonds is 5. The number of benzene rings is 1. The van der Waals surface area contributed by atoms with Crippen LogP contribution in [0.15, 0.2) is 24.3 Å². The summed E-state index contributed by atoms with van der Waals surface area (Å²) in [6.07, 6.45) is 2.39. The Morgan fingerprint density at radius 3 is 2.57 bits per heavy atom. The van der Waals surface area contributed by atoms with Gasteiger partial charge in [-0.3, -0.25) is 4.90 Å². The highest BCUT2D eigenvalue weighted by molar-refractivity contribution is 5.36. The Bertz CT molecular complexity index is 468. The zero-order valence-electron chi connectivity index (χ0n) is 12.4. The Labute approximate surface area is 126 Å². The number of hydrogen-bond donors (Lipinski definition) is 2. The van der Waals surface area contributed by atoms with Crippen LogP contribution < -0.4 is 5.73 Å². The van der Waals surface area contributed by atoms with Gasteiger partial charge < -0.3 is 15.6 Å². The minimum absolute atomic E-state index is 0.111. The molecule has 0 saturated carbocycles. The molecule has 21 heavy (non-hydrogen) atoms. The normalized spacial score (nSPS) is 16.5. The fraction of sp³-hybridized carbons (Fsp3) is 0.529. The molecule has 0 spiro atoms. The third-order valence-electron chi connectivity index (χ3n) is 3.67. The molecule has 0 atom stereocenters. The van der Waals surface area contributed by atoms with Crippen LogP contribution in [0, 0.1) is 11.8 Å². The van der Waals surface area contributed by atoms with Gasteiger partial charge in [-0.2, -0.15) is 0 Å². The second kappa shape index (κ2) is 8.81. The van der Waals surface area contributed by atoms with Gasteiger partial charge in [0.25, 0.3) is 0 Å². The molecule has 4 heteroatoms. The zero-order chi connectivity index (χ0) is 14.9. The molecule has 0 amide bonds. The Balaban J connectivity index is 1.78. The Morgan fingerprint density at radius 1 is 1.24 bits per heavy atom. The van der Waals surface area contributed by atoms with Crippen LogP contribution in [0.5, 0.6) is 0 Å². The second-order valence-corrected chi connectivity index (χ2v) is 5.27. The molecule has 0 aromatic heterocycles. The minimum Gasteiger partial charge on any atom is -0.394 e. The largest absolute Gasteiger partial charge is 0.394 e. The summed E-state index contributed by atoms with van der Waals surface area (Å²) in [5.74, 6) is 5.90. The first-order valence-corrected chi connectivity index (χ1v) is 7.54. The molecule has 0 unspecified atom stereocenters. The van der Waals surface area contributed by atoms with Crippen LogP contribution in [0.1, 0.15) is 24.0 Å². The summed E-state index contributed by atoms with van der Waals surface area (Å²) < 4.78 is 5.58. The maximum absolute atomic E-state index is 8.77. The van der Waals surface area contributed by atoms with Crippen molar-refractivity contribution >= 4 is 0 Å². The molecule has 1 aliphatic heterocycles. The third kappa shape index (κ3) is 5.49. The minimum atomic E-state index is 0.111. The van der Waals surface area contributed by atoms with E-state index in [2.05, 4.69) is 41.0 Å². The molecule has 1 heterocycles. The highest BCUT2D eigenvalue weighted by atomic mass is 16.5. The lowest BCUT2D eigenvalue weighted by Gasteiger charge is -2.31. The highest BCUT2D eigenvalue weighted by Gasteiger charge is 2.19. The van der Waals surface area contributed by atoms with Gasteiger partial charge in [0.1, 0.15) is 0 Å². The summed E-state index contributed by atoms with van der Waals surface area (Å²) in [5.41, 5.74) is 7.69. The SMILES string of the molecule is NCC#Cc1ccc(CN2CCC(OCCO)CC2)cc1. The smallest absolute Gasteiger partial charge is 0.0701 e. The fourth-order valence-electron chi connectivity index (χ4n) is 2.56. The van der Waals surface area contributed by atoms with Crippen LogP contribution >= 0.6 is 0 Å². The first kappa shape index (κ1) is 16.0. The number of nitrogens with zero attached hydrogens (tertiary/aromatic N) is 1. The van der Waals surface area contributed by atoms with Gasteiger partial charge in [-0.25, -0.2) is 0 Å². The predicted octanol–water partition coefficient (Wildman–Crippen LogP) is 0.970. The van der Waals surface area contributed by atoms with Crippen molar-refractivity contribution in [2.24, 2.45) is 5.73 Å². The van der Waals surface area contributed by atoms with E-state index in [-0.39, 0.29) is 6.61 Å². The van der Waals surface area contributed by atoms with Crippen molar-refractivity contribution in [1.82, 2.24) is 4.90 Å². The molecule has 2 rings (SSSR count). The molecule has 1 aromatic carbocycles. The van der Waals surface area contributed by atoms with E-state index in [1.807, 2.05) is 0 Å². The molecule has 1 aliphatic rings. The van der Waals surface area contributed by atoms with Crippen molar-refractivity contribution in [1.29, 1.82) is 0 Å². The van der Waals surface area contributed by atoms with Gasteiger partial charge in [0, 0.05) is 25.2 Å². The van der Waals surface area contributed by atoms with Gasteiger partial charge in [0.2, 0.25) is 0 Å². The second-order valence-electron chi connectivity index (χ2n) is 5.27. The van der Waals surface area contributed by atoms with E-state index < -0.39 is 0 Å². The molecular formula is C17H24N2O2. The van der Waals surface area contributed by atoms with Crippen molar-refractivity contribution in [3.8, 4) is 11.8 Å². The van der Waals surface area contributed by atoms with E-state index in [4.69, 9.17) is 15.6 Å². The first-order valence-electron chi connectivity index (χ1n) is 7.54. The Hall–Kier alpha value is -1.38. The monoisotopic (exact) mass is 288 g/mol. The maximum atomic E-state index is 8.77. The van der Waals surface area contributed by atoms with Crippen LogP contribution in [-0.2, 0) is 11.3 Å². The zero-order valence-corrected chi connectivity index (χ0v) is 12.4. The van der Waals surface area contributed by atoms with Gasteiger partial charge >= 0.3 is 0 Å². The van der Waals surface area contributed by atoms with Crippen LogP contribution in [0.3, 0.4) is 0 Å². The van der Waals surface area contributed by atoms with Crippen molar-refractivity contribution in [2.45, 2.75) is 25.5 Å². The molecule has 1 saturated heterocycles. The number of nitrogens with two attached hydrogens (primary N) is 1. The van der Waals surface area contributed by atoms with E-state index >= 15 is 0 Å². The van der Waals surface area contributed by atoms with Crippen LogP contribution in [-0.4, -0.2) is 49.0 Å². The fourth-order valence-corrected chi connectivity index (χ4v) is 2.56. The molecule has 1 aromatic rings. The number of likely N-dealkylation sites (tertiary alicyclic amines) is 1. The molecule has 0 radical (unpaired) electrons. The number of hydrogen-bond acceptors (Lipinski definition) is 4. The van der Waals surface area contributed by atoms with Crippen molar-refractivity contribution < 1.29 is 9.84 Å². The van der Waals surface area contributed by atoms with E-state index in [0.717, 1.165) is 38.0 Å². The number of piperidine rings is 1. The first-order chi connectivity index (χ1) is 10.3. The quantitative estimate of drug-likeness (QED) is 0.793. The molecular weight excluding hydrogens is 264 g/mol. The summed E-state index contributed by atoms with van der Waals surface area (Å²) in [7, 11) is 0. The average Bonchev–Trinajstić information content (AvgIpc) is 2.53. The van der Waals surface area contributed by atoms with Gasteiger partial charge in [-0.15, -0.1) is 0 Å². The molecule has 1 fully saturated rings. The summed E-state index contributed by atoms with van der Waals surface area (Å²) in [6.45, 7) is 4.03. The topological polar surface area (TPSA) is 58.7 Å². The molecule has 0 bridgehead atoms. The summed E-state index contributed by atoms with van der Waals surface area (Å²) >= 11 is 0. The lowest BCUT2D eigenvalue weighted by molar-refractivity contribution is -0.00901. The number of ether oxygens (including phenoxy) is 1. The van der Waals surface area contributed by atoms with Crippen LogP contribution in [0.4, 0.5) is 0 Å². The lowest BCUT2D eigenvalue weighted by atomic mass is 10.1. The van der Waals surface area contributed by atoms with Crippen LogP contribution in [0.2, 0.25) is 0 Å². The standard InChI is InChI=1S/C17H24N2O2/c18-9-1-2-15-3-5-16(6-4-15)14-19-10-7-17(8-11-19)21-13-12-20/h3-6,17,20H,7-14,18H2. The Kier molecular flexibility index (Phi) is 6.71. The number of aliphatic hydroxyl groups is 1. The van der Waals surface area contributed by atoms with Crippen molar-refractivity contribution in [2.75, 3.05) is 32.8 Å². The summed E-state index contributed by atoms with van der Waals surface area (Å²) in [6, 6.07) is 8.37. The van der Waals surface area contributed by atoms with Crippen molar-refractivity contribution in [3.63, 3.8) is 0 Å². The van der Waals surface area contributed by atoms with Gasteiger partial charge in [0.15, 0.2) is 0 Å². The maximum Gasteiger partial charge on any atom is 0.0701 e. The van der Waals surface area contributed by atoms with E-state index in [9.17, 15) is 0 Å². The molecule has 3 N–H and O–H groups in total. The van der Waals surface area contributed by atoms with Gasteiger partial charge in [-0.1, -0.05) is 24.0 Å². The van der Waals surface area contributed by atoms with Crippen molar-refractivity contribution in [3.05, 3.63) is 35.4 Å². The highest BCUT2D eigenvalue weighted by Crippen LogP contribution is 2.16.